The molecule has 1 aromatic heterocycles. The summed E-state index contributed by atoms with van der Waals surface area (Å²) in [6, 6.07) is 0.200. The summed E-state index contributed by atoms with van der Waals surface area (Å²) in [7, 11) is 0. The molecule has 0 aromatic carbocycles. The van der Waals surface area contributed by atoms with E-state index in [2.05, 4.69) is 10.2 Å². The van der Waals surface area contributed by atoms with E-state index in [9.17, 15) is 0 Å². The van der Waals surface area contributed by atoms with Crippen LogP contribution in [0.5, 0.6) is 0 Å². The number of hydrogen-bond acceptors (Lipinski definition) is 2. The molecule has 3 N–H and O–H groups in total. The van der Waals surface area contributed by atoms with Crippen molar-refractivity contribution < 1.29 is 0 Å². The molecule has 0 spiro atoms. The largest absolute Gasteiger partial charge is 0.323 e. The molecule has 54 valence electrons. The Labute approximate surface area is 59.6 Å². The van der Waals surface area contributed by atoms with Gasteiger partial charge in [0.25, 0.3) is 0 Å². The highest BCUT2D eigenvalue weighted by Gasteiger charge is 2.17. The van der Waals surface area contributed by atoms with Crippen LogP contribution in [0.1, 0.15) is 30.1 Å². The van der Waals surface area contributed by atoms with Crippen LogP contribution in [0.25, 0.3) is 0 Å². The predicted molar refractivity (Wildman–Crippen MR) is 38.5 cm³/mol. The number of aromatic nitrogens is 2. The Morgan fingerprint density at radius 2 is 2.60 bits per heavy atom. The van der Waals surface area contributed by atoms with Crippen LogP contribution in [-0.4, -0.2) is 10.2 Å². The van der Waals surface area contributed by atoms with Crippen molar-refractivity contribution in [1.82, 2.24) is 10.2 Å². The first-order chi connectivity index (χ1) is 4.88. The van der Waals surface area contributed by atoms with Crippen LogP contribution >= 0.6 is 0 Å². The zero-order valence-corrected chi connectivity index (χ0v) is 5.80. The summed E-state index contributed by atoms with van der Waals surface area (Å²) in [5.74, 6) is 0. The molecule has 1 unspecified atom stereocenters. The molecule has 10 heavy (non-hydrogen) atoms. The molecule has 0 saturated carbocycles. The van der Waals surface area contributed by atoms with E-state index in [0.29, 0.717) is 0 Å². The number of hydrogen-bond donors (Lipinski definition) is 2. The maximum atomic E-state index is 5.82. The van der Waals surface area contributed by atoms with Gasteiger partial charge in [-0.25, -0.2) is 0 Å². The first-order valence-electron chi connectivity index (χ1n) is 3.65. The molecule has 1 heterocycles. The van der Waals surface area contributed by atoms with E-state index in [1.807, 2.05) is 6.20 Å². The Hall–Kier alpha value is -0.830. The number of nitrogens with zero attached hydrogens (tertiary/aromatic N) is 1. The van der Waals surface area contributed by atoms with Crippen LogP contribution in [-0.2, 0) is 6.42 Å². The van der Waals surface area contributed by atoms with Crippen molar-refractivity contribution in [2.45, 2.75) is 25.3 Å². The summed E-state index contributed by atoms with van der Waals surface area (Å²) < 4.78 is 0. The van der Waals surface area contributed by atoms with Gasteiger partial charge in [0.1, 0.15) is 0 Å². The van der Waals surface area contributed by atoms with E-state index in [1.165, 1.54) is 12.0 Å². The Morgan fingerprint density at radius 1 is 1.70 bits per heavy atom. The third-order valence-electron chi connectivity index (χ3n) is 2.08. The summed E-state index contributed by atoms with van der Waals surface area (Å²) in [4.78, 5) is 0. The van der Waals surface area contributed by atoms with Gasteiger partial charge in [0.2, 0.25) is 0 Å². The van der Waals surface area contributed by atoms with Gasteiger partial charge in [-0.1, -0.05) is 0 Å². The second-order valence-corrected chi connectivity index (χ2v) is 2.81. The second kappa shape index (κ2) is 2.09. The van der Waals surface area contributed by atoms with E-state index in [4.69, 9.17) is 5.73 Å². The summed E-state index contributed by atoms with van der Waals surface area (Å²) in [6.07, 6.45) is 5.32. The molecular weight excluding hydrogens is 126 g/mol. The molecular formula is C7H11N3. The zero-order chi connectivity index (χ0) is 6.97. The molecule has 1 aliphatic rings. The van der Waals surface area contributed by atoms with Crippen LogP contribution < -0.4 is 5.73 Å². The predicted octanol–water partition coefficient (Wildman–Crippen LogP) is 0.746. The Bertz CT molecular complexity index is 229. The smallest absolute Gasteiger partial charge is 0.0551 e. The molecule has 0 radical (unpaired) electrons. The topological polar surface area (TPSA) is 54.7 Å². The molecule has 0 amide bonds. The van der Waals surface area contributed by atoms with E-state index in [1.54, 1.807) is 0 Å². The highest BCUT2D eigenvalue weighted by molar-refractivity contribution is 5.22. The maximum Gasteiger partial charge on any atom is 0.0551 e. The van der Waals surface area contributed by atoms with Crippen LogP contribution in [0.2, 0.25) is 0 Å². The van der Waals surface area contributed by atoms with E-state index in [-0.39, 0.29) is 6.04 Å². The normalized spacial score (nSPS) is 24.3. The van der Waals surface area contributed by atoms with E-state index < -0.39 is 0 Å². The number of nitrogens with one attached hydrogen (secondary N) is 1. The van der Waals surface area contributed by atoms with E-state index in [0.717, 1.165) is 18.5 Å². The fourth-order valence-corrected chi connectivity index (χ4v) is 1.50. The lowest BCUT2D eigenvalue weighted by atomic mass is 9.95. The Morgan fingerprint density at radius 3 is 3.40 bits per heavy atom. The summed E-state index contributed by atoms with van der Waals surface area (Å²) >= 11 is 0. The average Bonchev–Trinajstić information content (AvgIpc) is 2.36. The van der Waals surface area contributed by atoms with Crippen molar-refractivity contribution in [3.63, 3.8) is 0 Å². The van der Waals surface area contributed by atoms with Gasteiger partial charge in [-0.3, -0.25) is 5.10 Å². The number of rotatable bonds is 0. The van der Waals surface area contributed by atoms with Gasteiger partial charge in [-0.05, 0) is 24.8 Å². The quantitative estimate of drug-likeness (QED) is 0.554. The fraction of sp³-hybridized carbons (Fsp3) is 0.571. The lowest BCUT2D eigenvalue weighted by Crippen LogP contribution is -2.16. The van der Waals surface area contributed by atoms with Crippen molar-refractivity contribution in [2.75, 3.05) is 0 Å². The number of fused-ring (bicyclic) bond motifs is 1. The van der Waals surface area contributed by atoms with Crippen LogP contribution in [0.4, 0.5) is 0 Å². The number of aryl methyl sites for hydroxylation is 1. The highest BCUT2D eigenvalue weighted by atomic mass is 15.1. The first kappa shape index (κ1) is 5.92. The van der Waals surface area contributed by atoms with Gasteiger partial charge in [-0.2, -0.15) is 5.10 Å². The highest BCUT2D eigenvalue weighted by Crippen LogP contribution is 2.24. The van der Waals surface area contributed by atoms with E-state index >= 15 is 0 Å². The molecule has 3 heteroatoms. The monoisotopic (exact) mass is 137 g/mol. The van der Waals surface area contributed by atoms with Gasteiger partial charge in [0.05, 0.1) is 11.9 Å². The van der Waals surface area contributed by atoms with Gasteiger partial charge < -0.3 is 5.73 Å². The number of aromatic amines is 1. The number of nitrogens with two attached hydrogens (primary N) is 1. The lowest BCUT2D eigenvalue weighted by Gasteiger charge is -2.16. The summed E-state index contributed by atoms with van der Waals surface area (Å²) in [5.41, 5.74) is 8.27. The third kappa shape index (κ3) is 0.743. The summed E-state index contributed by atoms with van der Waals surface area (Å²) in [6.45, 7) is 0. The van der Waals surface area contributed by atoms with Crippen molar-refractivity contribution in [2.24, 2.45) is 5.73 Å². The zero-order valence-electron chi connectivity index (χ0n) is 5.80. The molecule has 1 aromatic rings. The minimum atomic E-state index is 0.200. The minimum Gasteiger partial charge on any atom is -0.323 e. The maximum absolute atomic E-state index is 5.82. The first-order valence-corrected chi connectivity index (χ1v) is 3.65. The van der Waals surface area contributed by atoms with Gasteiger partial charge in [0.15, 0.2) is 0 Å². The van der Waals surface area contributed by atoms with Crippen molar-refractivity contribution >= 4 is 0 Å². The van der Waals surface area contributed by atoms with Gasteiger partial charge in [-0.15, -0.1) is 0 Å². The standard InChI is InChI=1S/C7H11N3/c8-6-3-1-2-5-4-9-10-7(5)6/h4,6H,1-3,8H2,(H,9,10). The molecule has 0 aliphatic heterocycles. The van der Waals surface area contributed by atoms with Crippen LogP contribution in [0, 0.1) is 0 Å². The average molecular weight is 137 g/mol. The van der Waals surface area contributed by atoms with Crippen LogP contribution in [0.15, 0.2) is 6.20 Å². The van der Waals surface area contributed by atoms with Crippen molar-refractivity contribution in [3.8, 4) is 0 Å². The minimum absolute atomic E-state index is 0.200. The molecule has 3 nitrogen and oxygen atoms in total. The fourth-order valence-electron chi connectivity index (χ4n) is 1.50. The molecule has 0 saturated heterocycles. The van der Waals surface area contributed by atoms with Gasteiger partial charge >= 0.3 is 0 Å². The van der Waals surface area contributed by atoms with Crippen molar-refractivity contribution in [3.05, 3.63) is 17.5 Å². The summed E-state index contributed by atoms with van der Waals surface area (Å²) in [5, 5.41) is 6.88. The SMILES string of the molecule is NC1CCCc2cn[nH]c21. The Balaban J connectivity index is 2.41. The van der Waals surface area contributed by atoms with Crippen LogP contribution in [0.3, 0.4) is 0 Å². The number of H-pyrrole nitrogens is 1. The Kier molecular flexibility index (Phi) is 1.24. The molecule has 1 atom stereocenters. The third-order valence-corrected chi connectivity index (χ3v) is 2.08. The second-order valence-electron chi connectivity index (χ2n) is 2.81. The molecule has 2 rings (SSSR count). The van der Waals surface area contributed by atoms with Gasteiger partial charge in [0, 0.05) is 6.04 Å². The molecule has 0 bridgehead atoms. The lowest BCUT2D eigenvalue weighted by molar-refractivity contribution is 0.558. The molecule has 1 aliphatic carbocycles. The van der Waals surface area contributed by atoms with Crippen molar-refractivity contribution in [1.29, 1.82) is 0 Å². The molecule has 0 fully saturated rings.